The minimum atomic E-state index is -0.289. The zero-order valence-corrected chi connectivity index (χ0v) is 15.6. The second-order valence-electron chi connectivity index (χ2n) is 5.24. The van der Waals surface area contributed by atoms with E-state index in [1.54, 1.807) is 18.2 Å². The smallest absolute Gasteiger partial charge is 0.410 e. The Labute approximate surface area is 159 Å². The molecule has 1 atom stereocenters. The average Bonchev–Trinajstić information content (AvgIpc) is 2.92. The Hall–Kier alpha value is -1.80. The summed E-state index contributed by atoms with van der Waals surface area (Å²) < 4.78 is 10.8. The molecule has 7 nitrogen and oxygen atoms in total. The highest BCUT2D eigenvalue weighted by Crippen LogP contribution is 2.32. The minimum absolute atomic E-state index is 0. The third-order valence-electron chi connectivity index (χ3n) is 3.85. The highest BCUT2D eigenvalue weighted by atomic mass is 35.5. The van der Waals surface area contributed by atoms with Gasteiger partial charge in [-0.2, -0.15) is 0 Å². The van der Waals surface area contributed by atoms with Crippen molar-refractivity contribution >= 4 is 41.8 Å². The van der Waals surface area contributed by atoms with Gasteiger partial charge in [0.25, 0.3) is 0 Å². The van der Waals surface area contributed by atoms with Gasteiger partial charge < -0.3 is 26.3 Å². The van der Waals surface area contributed by atoms with E-state index >= 15 is 0 Å². The maximum Gasteiger partial charge on any atom is 0.410 e. The van der Waals surface area contributed by atoms with Crippen molar-refractivity contribution in [3.8, 4) is 5.75 Å². The van der Waals surface area contributed by atoms with Crippen molar-refractivity contribution in [3.05, 3.63) is 36.0 Å². The van der Waals surface area contributed by atoms with Crippen molar-refractivity contribution < 1.29 is 14.3 Å². The number of pyridine rings is 1. The number of carbonyl (C=O) groups is 1. The van der Waals surface area contributed by atoms with Crippen LogP contribution in [0.1, 0.15) is 18.1 Å². The zero-order chi connectivity index (χ0) is 15.5. The van der Waals surface area contributed by atoms with Gasteiger partial charge in [-0.15, -0.1) is 24.8 Å². The maximum absolute atomic E-state index is 11.9. The van der Waals surface area contributed by atoms with Crippen LogP contribution in [0.4, 0.5) is 4.79 Å². The predicted octanol–water partition coefficient (Wildman–Crippen LogP) is 3.09. The molecule has 1 saturated heterocycles. The van der Waals surface area contributed by atoms with Crippen molar-refractivity contribution in [1.29, 1.82) is 0 Å². The van der Waals surface area contributed by atoms with E-state index in [9.17, 15) is 4.79 Å². The molecule has 9 heteroatoms. The summed E-state index contributed by atoms with van der Waals surface area (Å²) >= 11 is 0. The molecule has 140 valence electrons. The lowest BCUT2D eigenvalue weighted by Crippen LogP contribution is -2.27. The van der Waals surface area contributed by atoms with E-state index in [0.717, 1.165) is 28.6 Å². The number of hydrogen-bond acceptors (Lipinski definition) is 6. The zero-order valence-electron chi connectivity index (χ0n) is 14.0. The van der Waals surface area contributed by atoms with Gasteiger partial charge in [-0.25, -0.2) is 4.79 Å². The quantitative estimate of drug-likeness (QED) is 0.810. The molecule has 1 amide bonds. The van der Waals surface area contributed by atoms with Crippen LogP contribution >= 0.6 is 24.8 Å². The first-order valence-corrected chi connectivity index (χ1v) is 7.31. The number of ether oxygens (including phenoxy) is 2. The maximum atomic E-state index is 11.9. The number of carbonyl (C=O) groups excluding carboxylic acids is 1. The second kappa shape index (κ2) is 10.2. The van der Waals surface area contributed by atoms with Gasteiger partial charge in [-0.3, -0.25) is 4.98 Å². The van der Waals surface area contributed by atoms with E-state index in [-0.39, 0.29) is 43.2 Å². The van der Waals surface area contributed by atoms with Crippen molar-refractivity contribution in [2.45, 2.75) is 12.5 Å². The minimum Gasteiger partial charge on any atom is -0.497 e. The molecule has 5 N–H and O–H groups in total. The summed E-state index contributed by atoms with van der Waals surface area (Å²) in [7, 11) is 1.63. The Kier molecular flexibility index (Phi) is 9.51. The summed E-state index contributed by atoms with van der Waals surface area (Å²) in [5.74, 6) is 0.756. The molecule has 1 aromatic carbocycles. The number of halogens is 2. The molecule has 0 bridgehead atoms. The molecule has 2 aromatic rings. The molecule has 1 fully saturated rings. The second-order valence-corrected chi connectivity index (χ2v) is 5.24. The molecule has 0 radical (unpaired) electrons. The number of methoxy groups -OCH3 is 1. The monoisotopic (exact) mass is 390 g/mol. The van der Waals surface area contributed by atoms with E-state index in [0.29, 0.717) is 19.6 Å². The fraction of sp³-hybridized carbons (Fsp3) is 0.375. The molecule has 2 heterocycles. The van der Waals surface area contributed by atoms with Gasteiger partial charge in [0.05, 0.1) is 19.2 Å². The standard InChI is InChI=1S/C16H19N3O3.2ClH.H3N/c1-21-11-3-4-14-13(9-11)12(5-7-18-14)15-10-19(8-2-6-17)16(20)22-15;;;/h3-5,7,9,15H,2,6,8,10,17H2,1H3;2*1H;1H3/t15-;;;/m0.../s1. The fourth-order valence-corrected chi connectivity index (χ4v) is 2.69. The largest absolute Gasteiger partial charge is 0.497 e. The first-order chi connectivity index (χ1) is 10.7. The number of nitrogens with two attached hydrogens (primary N) is 1. The normalized spacial score (nSPS) is 15.7. The highest BCUT2D eigenvalue weighted by Gasteiger charge is 2.32. The van der Waals surface area contributed by atoms with Crippen molar-refractivity contribution in [3.63, 3.8) is 0 Å². The topological polar surface area (TPSA) is 113 Å². The van der Waals surface area contributed by atoms with Crippen LogP contribution in [0.3, 0.4) is 0 Å². The number of cyclic esters (lactones) is 1. The lowest BCUT2D eigenvalue weighted by Gasteiger charge is -2.13. The van der Waals surface area contributed by atoms with E-state index in [1.807, 2.05) is 24.3 Å². The Morgan fingerprint density at radius 1 is 1.36 bits per heavy atom. The summed E-state index contributed by atoms with van der Waals surface area (Å²) in [5.41, 5.74) is 7.31. The van der Waals surface area contributed by atoms with Crippen LogP contribution in [0.15, 0.2) is 30.5 Å². The summed E-state index contributed by atoms with van der Waals surface area (Å²) in [6.45, 7) is 1.72. The predicted molar refractivity (Wildman–Crippen MR) is 102 cm³/mol. The molecule has 1 aliphatic heterocycles. The van der Waals surface area contributed by atoms with E-state index in [2.05, 4.69) is 4.98 Å². The number of fused-ring (bicyclic) bond motifs is 1. The lowest BCUT2D eigenvalue weighted by molar-refractivity contribution is 0.133. The lowest BCUT2D eigenvalue weighted by atomic mass is 10.0. The number of hydrogen-bond donors (Lipinski definition) is 2. The van der Waals surface area contributed by atoms with Gasteiger partial charge in [-0.05, 0) is 37.2 Å². The highest BCUT2D eigenvalue weighted by molar-refractivity contribution is 5.86. The van der Waals surface area contributed by atoms with Gasteiger partial charge in [0, 0.05) is 23.7 Å². The van der Waals surface area contributed by atoms with Crippen molar-refractivity contribution in [2.75, 3.05) is 26.7 Å². The third-order valence-corrected chi connectivity index (χ3v) is 3.85. The van der Waals surface area contributed by atoms with Crippen molar-refractivity contribution in [2.24, 2.45) is 5.73 Å². The number of nitrogens with zero attached hydrogens (tertiary/aromatic N) is 2. The first-order valence-electron chi connectivity index (χ1n) is 7.31. The van der Waals surface area contributed by atoms with Crippen LogP contribution in [-0.2, 0) is 4.74 Å². The molecule has 25 heavy (non-hydrogen) atoms. The van der Waals surface area contributed by atoms with Crippen LogP contribution in [0.2, 0.25) is 0 Å². The number of aromatic nitrogens is 1. The average molecular weight is 391 g/mol. The SMILES string of the molecule is COc1ccc2nccc([C@@H]3CN(CCCN)C(=O)O3)c2c1.Cl.Cl.N. The summed E-state index contributed by atoms with van der Waals surface area (Å²) in [6, 6.07) is 7.59. The molecule has 0 spiro atoms. The first kappa shape index (κ1) is 23.2. The van der Waals surface area contributed by atoms with E-state index < -0.39 is 0 Å². The molecular formula is C16H24Cl2N4O3. The van der Waals surface area contributed by atoms with Gasteiger partial charge in [0.15, 0.2) is 0 Å². The van der Waals surface area contributed by atoms with Gasteiger partial charge in [-0.1, -0.05) is 0 Å². The molecule has 0 saturated carbocycles. The molecular weight excluding hydrogens is 367 g/mol. The molecule has 3 rings (SSSR count). The van der Waals surface area contributed by atoms with Crippen LogP contribution in [-0.4, -0.2) is 42.7 Å². The summed E-state index contributed by atoms with van der Waals surface area (Å²) in [6.07, 6.45) is 1.93. The van der Waals surface area contributed by atoms with Crippen LogP contribution in [0, 0.1) is 0 Å². The van der Waals surface area contributed by atoms with Gasteiger partial charge in [0.1, 0.15) is 11.9 Å². The van der Waals surface area contributed by atoms with Crippen LogP contribution in [0.5, 0.6) is 5.75 Å². The van der Waals surface area contributed by atoms with Crippen LogP contribution in [0.25, 0.3) is 10.9 Å². The van der Waals surface area contributed by atoms with E-state index in [4.69, 9.17) is 15.2 Å². The Bertz CT molecular complexity index is 702. The van der Waals surface area contributed by atoms with Gasteiger partial charge >= 0.3 is 6.09 Å². The van der Waals surface area contributed by atoms with Crippen molar-refractivity contribution in [1.82, 2.24) is 16.0 Å². The summed E-state index contributed by atoms with van der Waals surface area (Å²) in [4.78, 5) is 18.0. The Balaban J connectivity index is 0.00000192. The fourth-order valence-electron chi connectivity index (χ4n) is 2.69. The third kappa shape index (κ3) is 4.85. The molecule has 0 unspecified atom stereocenters. The Morgan fingerprint density at radius 3 is 2.80 bits per heavy atom. The molecule has 1 aliphatic rings. The summed E-state index contributed by atoms with van der Waals surface area (Å²) in [5, 5.41) is 0.945. The molecule has 0 aliphatic carbocycles. The van der Waals surface area contributed by atoms with E-state index in [1.165, 1.54) is 0 Å². The number of amides is 1. The van der Waals surface area contributed by atoms with Gasteiger partial charge in [0.2, 0.25) is 0 Å². The number of rotatable bonds is 5. The van der Waals surface area contributed by atoms with Crippen LogP contribution < -0.4 is 16.6 Å². The molecule has 1 aromatic heterocycles. The number of benzene rings is 1. The Morgan fingerprint density at radius 2 is 2.12 bits per heavy atom.